The number of nitriles is 1. The average Bonchev–Trinajstić information content (AvgIpc) is 3.38. The van der Waals surface area contributed by atoms with E-state index in [2.05, 4.69) is 26.2 Å². The van der Waals surface area contributed by atoms with E-state index in [9.17, 15) is 10.1 Å². The predicted octanol–water partition coefficient (Wildman–Crippen LogP) is 2.72. The summed E-state index contributed by atoms with van der Waals surface area (Å²) in [5.41, 5.74) is 1.85. The lowest BCUT2D eigenvalue weighted by molar-refractivity contribution is -0.116. The molecule has 2 aromatic heterocycles. The third-order valence-corrected chi connectivity index (χ3v) is 7.04. The molecule has 1 fully saturated rings. The Balaban J connectivity index is 1.26. The van der Waals surface area contributed by atoms with Crippen molar-refractivity contribution >= 4 is 38.7 Å². The second-order valence-electron chi connectivity index (χ2n) is 6.61. The van der Waals surface area contributed by atoms with Crippen molar-refractivity contribution in [2.75, 3.05) is 42.9 Å². The quantitative estimate of drug-likeness (QED) is 0.854. The summed E-state index contributed by atoms with van der Waals surface area (Å²) in [6.45, 7) is 4.55. The summed E-state index contributed by atoms with van der Waals surface area (Å²) in [6, 6.07) is 2.28. The number of nitrogens with zero attached hydrogens (tertiary/aromatic N) is 4. The number of nitrogens with one attached hydrogen (secondary N) is 1. The van der Waals surface area contributed by atoms with Crippen molar-refractivity contribution < 1.29 is 4.79 Å². The fourth-order valence-electron chi connectivity index (χ4n) is 3.59. The molecule has 0 atom stereocenters. The van der Waals surface area contributed by atoms with Crippen LogP contribution in [-0.4, -0.2) is 48.5 Å². The molecule has 26 heavy (non-hydrogen) atoms. The second-order valence-corrected chi connectivity index (χ2v) is 8.59. The van der Waals surface area contributed by atoms with Crippen LogP contribution in [0.1, 0.15) is 28.8 Å². The van der Waals surface area contributed by atoms with Crippen molar-refractivity contribution in [1.82, 2.24) is 9.88 Å². The molecule has 2 aliphatic rings. The Morgan fingerprint density at radius 1 is 1.31 bits per heavy atom. The van der Waals surface area contributed by atoms with Crippen LogP contribution in [0.4, 0.5) is 10.1 Å². The molecule has 0 unspecified atom stereocenters. The van der Waals surface area contributed by atoms with Gasteiger partial charge in [-0.3, -0.25) is 9.69 Å². The van der Waals surface area contributed by atoms with Gasteiger partial charge in [-0.25, -0.2) is 4.98 Å². The number of hydrogen-bond acceptors (Lipinski definition) is 7. The highest BCUT2D eigenvalue weighted by Crippen LogP contribution is 2.38. The van der Waals surface area contributed by atoms with Crippen LogP contribution in [-0.2, 0) is 17.6 Å². The summed E-state index contributed by atoms with van der Waals surface area (Å²) < 4.78 is 0. The average molecular weight is 388 g/mol. The first-order chi connectivity index (χ1) is 12.7. The van der Waals surface area contributed by atoms with E-state index < -0.39 is 0 Å². The van der Waals surface area contributed by atoms with E-state index in [1.807, 2.05) is 11.6 Å². The zero-order chi connectivity index (χ0) is 17.9. The lowest BCUT2D eigenvalue weighted by atomic mass is 10.1. The molecular weight excluding hydrogens is 366 g/mol. The Kier molecular flexibility index (Phi) is 5.20. The molecule has 0 aromatic carbocycles. The maximum Gasteiger partial charge on any atom is 0.226 e. The van der Waals surface area contributed by atoms with E-state index in [1.54, 1.807) is 22.7 Å². The Morgan fingerprint density at radius 2 is 2.15 bits per heavy atom. The molecule has 1 aliphatic carbocycles. The molecule has 8 heteroatoms. The van der Waals surface area contributed by atoms with Gasteiger partial charge in [0.05, 0.1) is 5.56 Å². The van der Waals surface area contributed by atoms with Crippen LogP contribution in [0.2, 0.25) is 0 Å². The van der Waals surface area contributed by atoms with Gasteiger partial charge in [-0.05, 0) is 24.8 Å². The summed E-state index contributed by atoms with van der Waals surface area (Å²) in [5.74, 6) is 0.00350. The van der Waals surface area contributed by atoms with Gasteiger partial charge in [-0.2, -0.15) is 5.26 Å². The largest absolute Gasteiger partial charge is 0.346 e. The Morgan fingerprint density at radius 3 is 2.88 bits per heavy atom. The first-order valence-corrected chi connectivity index (χ1v) is 10.7. The minimum absolute atomic E-state index is 0.00350. The normalized spacial score (nSPS) is 17.1. The molecule has 4 rings (SSSR count). The number of aryl methyl sites for hydroxylation is 1. The van der Waals surface area contributed by atoms with Crippen LogP contribution < -0.4 is 10.2 Å². The van der Waals surface area contributed by atoms with Crippen LogP contribution in [0.3, 0.4) is 0 Å². The van der Waals surface area contributed by atoms with E-state index in [-0.39, 0.29) is 5.91 Å². The Labute approximate surface area is 161 Å². The molecule has 0 spiro atoms. The molecule has 0 bridgehead atoms. The highest BCUT2D eigenvalue weighted by atomic mass is 32.1. The molecule has 1 N–H and O–H groups in total. The predicted molar refractivity (Wildman–Crippen MR) is 105 cm³/mol. The van der Waals surface area contributed by atoms with Crippen LogP contribution in [0.25, 0.3) is 0 Å². The first kappa shape index (κ1) is 17.5. The van der Waals surface area contributed by atoms with Gasteiger partial charge >= 0.3 is 0 Å². The smallest absolute Gasteiger partial charge is 0.226 e. The van der Waals surface area contributed by atoms with Crippen LogP contribution >= 0.6 is 22.7 Å². The van der Waals surface area contributed by atoms with Crippen molar-refractivity contribution in [3.8, 4) is 6.07 Å². The van der Waals surface area contributed by atoms with Gasteiger partial charge in [0.15, 0.2) is 5.13 Å². The topological polar surface area (TPSA) is 72.3 Å². The zero-order valence-electron chi connectivity index (χ0n) is 14.5. The third kappa shape index (κ3) is 3.61. The molecule has 136 valence electrons. The summed E-state index contributed by atoms with van der Waals surface area (Å²) in [6.07, 6.45) is 5.43. The number of fused-ring (bicyclic) bond motifs is 1. The monoisotopic (exact) mass is 387 g/mol. The van der Waals surface area contributed by atoms with Gasteiger partial charge in [0.25, 0.3) is 0 Å². The lowest BCUT2D eigenvalue weighted by Crippen LogP contribution is -2.47. The third-order valence-electron chi connectivity index (χ3n) is 5.00. The fraction of sp³-hybridized carbons (Fsp3) is 0.500. The van der Waals surface area contributed by atoms with Gasteiger partial charge < -0.3 is 10.2 Å². The SMILES string of the molecule is N#Cc1c(NC(=O)CCN2CCN(c3nccs3)CC2)sc2c1CCC2. The van der Waals surface area contributed by atoms with Crippen molar-refractivity contribution in [3.63, 3.8) is 0 Å². The van der Waals surface area contributed by atoms with E-state index in [1.165, 1.54) is 4.88 Å². The van der Waals surface area contributed by atoms with Gasteiger partial charge in [-0.15, -0.1) is 22.7 Å². The number of carbonyl (C=O) groups is 1. The minimum atomic E-state index is 0.00350. The molecule has 0 radical (unpaired) electrons. The van der Waals surface area contributed by atoms with Crippen LogP contribution in [0.5, 0.6) is 0 Å². The number of anilines is 2. The molecular formula is C18H21N5OS2. The van der Waals surface area contributed by atoms with E-state index in [0.29, 0.717) is 12.0 Å². The Bertz CT molecular complexity index is 815. The Hall–Kier alpha value is -1.95. The molecule has 1 aliphatic heterocycles. The maximum atomic E-state index is 12.3. The molecule has 1 saturated heterocycles. The molecule has 6 nitrogen and oxygen atoms in total. The van der Waals surface area contributed by atoms with Gasteiger partial charge in [0.1, 0.15) is 11.1 Å². The number of amides is 1. The summed E-state index contributed by atoms with van der Waals surface area (Å²) in [4.78, 5) is 22.6. The maximum absolute atomic E-state index is 12.3. The molecule has 1 amide bonds. The highest BCUT2D eigenvalue weighted by molar-refractivity contribution is 7.16. The standard InChI is InChI=1S/C18H21N5OS2/c19-12-14-13-2-1-3-15(13)26-17(14)21-16(24)4-6-22-7-9-23(10-8-22)18-20-5-11-25-18/h5,11H,1-4,6-10H2,(H,21,24). The number of thiophene rings is 1. The lowest BCUT2D eigenvalue weighted by Gasteiger charge is -2.34. The summed E-state index contributed by atoms with van der Waals surface area (Å²) in [7, 11) is 0. The van der Waals surface area contributed by atoms with E-state index >= 15 is 0 Å². The molecule has 3 heterocycles. The van der Waals surface area contributed by atoms with Crippen molar-refractivity contribution in [2.45, 2.75) is 25.7 Å². The molecule has 0 saturated carbocycles. The summed E-state index contributed by atoms with van der Waals surface area (Å²) >= 11 is 3.25. The number of thiazole rings is 1. The van der Waals surface area contributed by atoms with Crippen molar-refractivity contribution in [3.05, 3.63) is 27.6 Å². The van der Waals surface area contributed by atoms with Crippen LogP contribution in [0, 0.1) is 11.3 Å². The van der Waals surface area contributed by atoms with Crippen LogP contribution in [0.15, 0.2) is 11.6 Å². The van der Waals surface area contributed by atoms with E-state index in [4.69, 9.17) is 0 Å². The van der Waals surface area contributed by atoms with Gasteiger partial charge in [-0.1, -0.05) is 0 Å². The number of rotatable bonds is 5. The minimum Gasteiger partial charge on any atom is -0.346 e. The highest BCUT2D eigenvalue weighted by Gasteiger charge is 2.23. The number of hydrogen-bond donors (Lipinski definition) is 1. The van der Waals surface area contributed by atoms with Gasteiger partial charge in [0, 0.05) is 55.6 Å². The number of aromatic nitrogens is 1. The van der Waals surface area contributed by atoms with Gasteiger partial charge in [0.2, 0.25) is 5.91 Å². The zero-order valence-corrected chi connectivity index (χ0v) is 16.2. The number of carbonyl (C=O) groups excluding carboxylic acids is 1. The fourth-order valence-corrected chi connectivity index (χ4v) is 5.55. The van der Waals surface area contributed by atoms with Crippen molar-refractivity contribution in [1.29, 1.82) is 5.26 Å². The summed E-state index contributed by atoms with van der Waals surface area (Å²) in [5, 5.41) is 16.2. The first-order valence-electron chi connectivity index (χ1n) is 8.96. The van der Waals surface area contributed by atoms with Crippen molar-refractivity contribution in [2.24, 2.45) is 0 Å². The van der Waals surface area contributed by atoms with E-state index in [0.717, 1.165) is 67.7 Å². The number of piperazine rings is 1. The second kappa shape index (κ2) is 7.74. The molecule has 2 aromatic rings.